The van der Waals surface area contributed by atoms with E-state index < -0.39 is 47.5 Å². The molecule has 8 heteroatoms. The zero-order valence-electron chi connectivity index (χ0n) is 17.9. The Labute approximate surface area is 191 Å². The minimum Gasteiger partial charge on any atom is -0.394 e. The van der Waals surface area contributed by atoms with Crippen molar-refractivity contribution in [1.29, 1.82) is 0 Å². The van der Waals surface area contributed by atoms with Crippen molar-refractivity contribution >= 4 is 21.5 Å². The minimum absolute atomic E-state index is 0.00129. The molecular formula is C26H20N2O6. The summed E-state index contributed by atoms with van der Waals surface area (Å²) in [6, 6.07) is 18.1. The summed E-state index contributed by atoms with van der Waals surface area (Å²) < 4.78 is 1.92. The molecule has 5 rings (SSSR count). The molecule has 2 heterocycles. The third-order valence-corrected chi connectivity index (χ3v) is 6.29. The van der Waals surface area contributed by atoms with E-state index in [9.17, 15) is 29.4 Å². The molecule has 0 spiro atoms. The van der Waals surface area contributed by atoms with Crippen LogP contribution >= 0.6 is 0 Å². The second kappa shape index (κ2) is 8.33. The predicted octanol–water partition coefficient (Wildman–Crippen LogP) is 1.08. The molecule has 5 aromatic rings. The third kappa shape index (κ3) is 3.15. The Kier molecular flexibility index (Phi) is 5.31. The third-order valence-electron chi connectivity index (χ3n) is 6.29. The lowest BCUT2D eigenvalue weighted by Crippen LogP contribution is -2.33. The normalized spacial score (nSPS) is 13.5. The van der Waals surface area contributed by atoms with Gasteiger partial charge in [-0.15, -0.1) is 0 Å². The molecule has 3 aromatic carbocycles. The average molecular weight is 456 g/mol. The molecule has 0 bridgehead atoms. The van der Waals surface area contributed by atoms with Crippen LogP contribution in [-0.4, -0.2) is 32.6 Å². The lowest BCUT2D eigenvalue weighted by atomic mass is 10.1. The Morgan fingerprint density at radius 1 is 0.529 bits per heavy atom. The van der Waals surface area contributed by atoms with Gasteiger partial charge in [0.05, 0.1) is 46.8 Å². The van der Waals surface area contributed by atoms with Crippen molar-refractivity contribution in [3.05, 3.63) is 125 Å². The summed E-state index contributed by atoms with van der Waals surface area (Å²) in [4.78, 5) is 52.8. The first-order valence-electron chi connectivity index (χ1n) is 10.7. The topological polar surface area (TPSA) is 119 Å². The molecule has 0 saturated carbocycles. The standard InChI is InChI=1S/C26H20N2O6/c29-13-21(15-7-3-1-4-8-15)27-23(31)17-11-19-20(12-18(17)24(27)32)26(34)28(25(19)33)22(14-30)16-9-5-2-6-10-16/h1-12,21-22,29-30H,13-14H2. The molecule has 0 aliphatic carbocycles. The highest BCUT2D eigenvalue weighted by Crippen LogP contribution is 2.21. The molecule has 0 aliphatic rings. The van der Waals surface area contributed by atoms with E-state index in [2.05, 4.69) is 0 Å². The van der Waals surface area contributed by atoms with Gasteiger partial charge in [-0.25, -0.2) is 0 Å². The SMILES string of the molecule is O=c1c2cc3c(=O)n(C(CO)c4ccccc4)c(=O)c3cc2c(=O)n1C(CO)c1ccccc1. The zero-order valence-corrected chi connectivity index (χ0v) is 17.9. The van der Waals surface area contributed by atoms with E-state index in [0.717, 1.165) is 9.13 Å². The number of benzene rings is 3. The van der Waals surface area contributed by atoms with Crippen LogP contribution in [0.3, 0.4) is 0 Å². The van der Waals surface area contributed by atoms with Crippen molar-refractivity contribution in [1.82, 2.24) is 9.13 Å². The van der Waals surface area contributed by atoms with Crippen LogP contribution in [0, 0.1) is 0 Å². The van der Waals surface area contributed by atoms with Gasteiger partial charge in [0, 0.05) is 0 Å². The Morgan fingerprint density at radius 3 is 1.09 bits per heavy atom. The number of aromatic nitrogens is 2. The zero-order chi connectivity index (χ0) is 24.0. The first kappa shape index (κ1) is 21.7. The van der Waals surface area contributed by atoms with E-state index >= 15 is 0 Å². The Morgan fingerprint density at radius 2 is 0.824 bits per heavy atom. The molecule has 2 atom stereocenters. The minimum atomic E-state index is -0.900. The highest BCUT2D eigenvalue weighted by Gasteiger charge is 2.26. The molecule has 0 saturated heterocycles. The van der Waals surface area contributed by atoms with Gasteiger partial charge in [0.25, 0.3) is 22.2 Å². The first-order chi connectivity index (χ1) is 16.5. The van der Waals surface area contributed by atoms with Crippen LogP contribution in [0.4, 0.5) is 0 Å². The summed E-state index contributed by atoms with van der Waals surface area (Å²) in [5.41, 5.74) is -1.42. The Balaban J connectivity index is 1.76. The summed E-state index contributed by atoms with van der Waals surface area (Å²) in [5, 5.41) is 19.9. The average Bonchev–Trinajstić information content (AvgIpc) is 3.26. The molecule has 8 nitrogen and oxygen atoms in total. The van der Waals surface area contributed by atoms with Crippen LogP contribution in [0.5, 0.6) is 0 Å². The molecule has 0 fully saturated rings. The first-order valence-corrected chi connectivity index (χ1v) is 10.7. The van der Waals surface area contributed by atoms with Gasteiger partial charge < -0.3 is 10.2 Å². The fourth-order valence-corrected chi connectivity index (χ4v) is 4.60. The van der Waals surface area contributed by atoms with E-state index in [1.165, 1.54) is 12.1 Å². The van der Waals surface area contributed by atoms with E-state index in [1.54, 1.807) is 60.7 Å². The van der Waals surface area contributed by atoms with E-state index in [4.69, 9.17) is 0 Å². The quantitative estimate of drug-likeness (QED) is 0.395. The highest BCUT2D eigenvalue weighted by atomic mass is 16.3. The number of fused-ring (bicyclic) bond motifs is 2. The maximum absolute atomic E-state index is 13.2. The van der Waals surface area contributed by atoms with Crippen molar-refractivity contribution in [2.75, 3.05) is 13.2 Å². The molecule has 2 N–H and O–H groups in total. The van der Waals surface area contributed by atoms with Crippen LogP contribution in [-0.2, 0) is 0 Å². The van der Waals surface area contributed by atoms with Gasteiger partial charge in [-0.1, -0.05) is 60.7 Å². The van der Waals surface area contributed by atoms with Gasteiger partial charge in [0.15, 0.2) is 0 Å². The fourth-order valence-electron chi connectivity index (χ4n) is 4.60. The molecule has 2 unspecified atom stereocenters. The largest absolute Gasteiger partial charge is 0.394 e. The lowest BCUT2D eigenvalue weighted by molar-refractivity contribution is 0.246. The second-order valence-electron chi connectivity index (χ2n) is 8.12. The summed E-state index contributed by atoms with van der Waals surface area (Å²) in [7, 11) is 0. The van der Waals surface area contributed by atoms with Gasteiger partial charge in [-0.05, 0) is 23.3 Å². The van der Waals surface area contributed by atoms with Crippen LogP contribution < -0.4 is 22.2 Å². The molecule has 2 aromatic heterocycles. The van der Waals surface area contributed by atoms with Crippen LogP contribution in [0.25, 0.3) is 21.5 Å². The second-order valence-corrected chi connectivity index (χ2v) is 8.12. The molecule has 0 aliphatic heterocycles. The monoisotopic (exact) mass is 456 g/mol. The van der Waals surface area contributed by atoms with Gasteiger partial charge in [-0.2, -0.15) is 0 Å². The molecular weight excluding hydrogens is 436 g/mol. The summed E-state index contributed by atoms with van der Waals surface area (Å²) >= 11 is 0. The Hall–Kier alpha value is -4.14. The molecule has 34 heavy (non-hydrogen) atoms. The number of hydrogen-bond donors (Lipinski definition) is 2. The van der Waals surface area contributed by atoms with Crippen molar-refractivity contribution in [3.63, 3.8) is 0 Å². The van der Waals surface area contributed by atoms with E-state index in [1.807, 2.05) is 0 Å². The van der Waals surface area contributed by atoms with Gasteiger partial charge in [-0.3, -0.25) is 28.3 Å². The number of rotatable bonds is 6. The van der Waals surface area contributed by atoms with Crippen LogP contribution in [0.15, 0.2) is 92.0 Å². The van der Waals surface area contributed by atoms with Crippen molar-refractivity contribution < 1.29 is 10.2 Å². The summed E-state index contributed by atoms with van der Waals surface area (Å²) in [6.07, 6.45) is 0. The van der Waals surface area contributed by atoms with Gasteiger partial charge in [0.2, 0.25) is 0 Å². The van der Waals surface area contributed by atoms with Crippen LogP contribution in [0.2, 0.25) is 0 Å². The van der Waals surface area contributed by atoms with E-state index in [0.29, 0.717) is 11.1 Å². The maximum atomic E-state index is 13.2. The Bertz CT molecular complexity index is 1510. The predicted molar refractivity (Wildman–Crippen MR) is 128 cm³/mol. The van der Waals surface area contributed by atoms with Crippen molar-refractivity contribution in [2.45, 2.75) is 12.1 Å². The number of hydrogen-bond acceptors (Lipinski definition) is 6. The summed E-state index contributed by atoms with van der Waals surface area (Å²) in [5.74, 6) is 0. The van der Waals surface area contributed by atoms with E-state index in [-0.39, 0.29) is 21.5 Å². The van der Waals surface area contributed by atoms with Crippen molar-refractivity contribution in [2.24, 2.45) is 0 Å². The van der Waals surface area contributed by atoms with Gasteiger partial charge >= 0.3 is 0 Å². The number of aliphatic hydroxyl groups is 2. The molecule has 170 valence electrons. The van der Waals surface area contributed by atoms with Crippen LogP contribution in [0.1, 0.15) is 23.2 Å². The smallest absolute Gasteiger partial charge is 0.262 e. The fraction of sp³-hybridized carbons (Fsp3) is 0.154. The molecule has 0 radical (unpaired) electrons. The van der Waals surface area contributed by atoms with Gasteiger partial charge in [0.1, 0.15) is 0 Å². The number of nitrogens with zero attached hydrogens (tertiary/aromatic N) is 2. The maximum Gasteiger partial charge on any atom is 0.262 e. The van der Waals surface area contributed by atoms with Crippen molar-refractivity contribution in [3.8, 4) is 0 Å². The lowest BCUT2D eigenvalue weighted by Gasteiger charge is -2.14. The number of aliphatic hydroxyl groups excluding tert-OH is 2. The summed E-state index contributed by atoms with van der Waals surface area (Å²) in [6.45, 7) is -0.952. The molecule has 0 amide bonds. The highest BCUT2D eigenvalue weighted by molar-refractivity contribution is 5.98.